The lowest BCUT2D eigenvalue weighted by Gasteiger charge is -2.30. The Morgan fingerprint density at radius 2 is 1.75 bits per heavy atom. The molecule has 0 bridgehead atoms. The van der Waals surface area contributed by atoms with E-state index in [2.05, 4.69) is 25.9 Å². The fourth-order valence-electron chi connectivity index (χ4n) is 4.62. The van der Waals surface area contributed by atoms with Gasteiger partial charge in [0.2, 0.25) is 15.9 Å². The quantitative estimate of drug-likeness (QED) is 0.413. The number of hydrogen-bond donors (Lipinski definition) is 2. The maximum Gasteiger partial charge on any atom is 0.243 e. The van der Waals surface area contributed by atoms with E-state index in [-0.39, 0.29) is 16.7 Å². The first kappa shape index (κ1) is 24.1. The Hall–Kier alpha value is -3.63. The number of aromatic nitrogens is 4. The van der Waals surface area contributed by atoms with Gasteiger partial charge >= 0.3 is 0 Å². The summed E-state index contributed by atoms with van der Waals surface area (Å²) in [5.41, 5.74) is 1.13. The van der Waals surface area contributed by atoms with Crippen LogP contribution in [0.15, 0.2) is 71.6 Å². The number of rotatable bonds is 6. The van der Waals surface area contributed by atoms with Gasteiger partial charge in [-0.15, -0.1) is 10.2 Å². The molecule has 36 heavy (non-hydrogen) atoms. The molecule has 0 saturated carbocycles. The Bertz CT molecular complexity index is 1490. The summed E-state index contributed by atoms with van der Waals surface area (Å²) >= 11 is 0. The van der Waals surface area contributed by atoms with Crippen LogP contribution in [0.1, 0.15) is 38.1 Å². The number of amides is 1. The van der Waals surface area contributed by atoms with Gasteiger partial charge in [0, 0.05) is 24.7 Å². The summed E-state index contributed by atoms with van der Waals surface area (Å²) in [7, 11) is -3.62. The third-order valence-electron chi connectivity index (χ3n) is 6.94. The van der Waals surface area contributed by atoms with Crippen LogP contribution in [-0.4, -0.2) is 52.3 Å². The van der Waals surface area contributed by atoms with Gasteiger partial charge in [0.1, 0.15) is 0 Å². The van der Waals surface area contributed by atoms with Crippen molar-refractivity contribution in [1.29, 1.82) is 0 Å². The average molecular weight is 505 g/mol. The van der Waals surface area contributed by atoms with E-state index in [1.807, 2.05) is 68.4 Å². The monoisotopic (exact) mass is 504 g/mol. The number of hydrogen-bond acceptors (Lipinski definition) is 6. The largest absolute Gasteiger partial charge is 0.326 e. The van der Waals surface area contributed by atoms with Crippen molar-refractivity contribution in [3.05, 3.63) is 78.1 Å². The topological polar surface area (TPSA) is 121 Å². The number of nitrogens with one attached hydrogen (secondary N) is 2. The van der Waals surface area contributed by atoms with E-state index in [4.69, 9.17) is 0 Å². The number of tetrazole rings is 1. The molecule has 10 heteroatoms. The standard InChI is InChI=1S/C26H28N6O3S/c1-26(2,25-28-30-31-29-25)21-8-5-9-22(17-21)27-24(33)19-12-14-32(15-13-19)36(34,35)23-11-10-18-6-3-4-7-20(18)16-23/h3-11,16-17,19H,12-15H2,1-2H3,(H,27,33)(H,28,29,30,31). The molecule has 1 aromatic heterocycles. The zero-order valence-electron chi connectivity index (χ0n) is 20.2. The van der Waals surface area contributed by atoms with E-state index in [0.29, 0.717) is 37.4 Å². The van der Waals surface area contributed by atoms with E-state index in [0.717, 1.165) is 16.3 Å². The van der Waals surface area contributed by atoms with Crippen molar-refractivity contribution in [2.45, 2.75) is 37.0 Å². The second-order valence-electron chi connectivity index (χ2n) is 9.62. The number of carbonyl (C=O) groups is 1. The van der Waals surface area contributed by atoms with Crippen LogP contribution in [0.25, 0.3) is 10.8 Å². The molecule has 1 amide bonds. The van der Waals surface area contributed by atoms with Crippen LogP contribution in [0.3, 0.4) is 0 Å². The zero-order valence-corrected chi connectivity index (χ0v) is 21.0. The number of anilines is 1. The molecule has 1 fully saturated rings. The lowest BCUT2D eigenvalue weighted by atomic mass is 9.83. The molecule has 0 spiro atoms. The molecular weight excluding hydrogens is 476 g/mol. The number of H-pyrrole nitrogens is 1. The predicted molar refractivity (Wildman–Crippen MR) is 137 cm³/mol. The van der Waals surface area contributed by atoms with Crippen molar-refractivity contribution in [2.24, 2.45) is 5.92 Å². The Morgan fingerprint density at radius 3 is 2.47 bits per heavy atom. The number of piperidine rings is 1. The predicted octanol–water partition coefficient (Wildman–Crippen LogP) is 3.72. The highest BCUT2D eigenvalue weighted by atomic mass is 32.2. The van der Waals surface area contributed by atoms with Gasteiger partial charge < -0.3 is 5.32 Å². The molecule has 1 aliphatic heterocycles. The molecule has 0 radical (unpaired) electrons. The summed E-state index contributed by atoms with van der Waals surface area (Å²) in [5.74, 6) is 0.195. The lowest BCUT2D eigenvalue weighted by molar-refractivity contribution is -0.120. The molecule has 1 saturated heterocycles. The molecule has 3 aromatic carbocycles. The van der Waals surface area contributed by atoms with Gasteiger partial charge in [-0.3, -0.25) is 4.79 Å². The van der Waals surface area contributed by atoms with Gasteiger partial charge in [-0.25, -0.2) is 8.42 Å². The minimum absolute atomic E-state index is 0.104. The number of fused-ring (bicyclic) bond motifs is 1. The molecular formula is C26H28N6O3S. The van der Waals surface area contributed by atoms with Gasteiger partial charge in [0.05, 0.1) is 10.3 Å². The third kappa shape index (κ3) is 4.61. The van der Waals surface area contributed by atoms with E-state index < -0.39 is 15.4 Å². The van der Waals surface area contributed by atoms with Crippen LogP contribution in [0.5, 0.6) is 0 Å². The first-order chi connectivity index (χ1) is 17.2. The van der Waals surface area contributed by atoms with Gasteiger partial charge in [-0.1, -0.05) is 47.7 Å². The lowest BCUT2D eigenvalue weighted by Crippen LogP contribution is -2.41. The Labute approximate surface area is 210 Å². The maximum atomic E-state index is 13.2. The first-order valence-corrected chi connectivity index (χ1v) is 13.3. The van der Waals surface area contributed by atoms with Crippen LogP contribution < -0.4 is 5.32 Å². The minimum Gasteiger partial charge on any atom is -0.326 e. The smallest absolute Gasteiger partial charge is 0.243 e. The molecule has 9 nitrogen and oxygen atoms in total. The zero-order chi connectivity index (χ0) is 25.3. The normalized spacial score (nSPS) is 15.7. The Morgan fingerprint density at radius 1 is 1.00 bits per heavy atom. The van der Waals surface area contributed by atoms with Gasteiger partial charge in [0.25, 0.3) is 0 Å². The van der Waals surface area contributed by atoms with Crippen LogP contribution in [-0.2, 0) is 20.2 Å². The molecule has 4 aromatic rings. The summed E-state index contributed by atoms with van der Waals surface area (Å²) in [6.07, 6.45) is 0.930. The highest BCUT2D eigenvalue weighted by Gasteiger charge is 2.33. The fraction of sp³-hybridized carbons (Fsp3) is 0.308. The van der Waals surface area contributed by atoms with Gasteiger partial charge in [0.15, 0.2) is 5.82 Å². The Balaban J connectivity index is 1.24. The molecule has 2 N–H and O–H groups in total. The second kappa shape index (κ2) is 9.44. The molecule has 186 valence electrons. The van der Waals surface area contributed by atoms with Crippen molar-refractivity contribution in [3.63, 3.8) is 0 Å². The van der Waals surface area contributed by atoms with Crippen LogP contribution in [0.2, 0.25) is 0 Å². The SMILES string of the molecule is CC(C)(c1cccc(NC(=O)C2CCN(S(=O)(=O)c3ccc4ccccc4c3)CC2)c1)c1nn[nH]n1. The molecule has 0 atom stereocenters. The number of sulfonamides is 1. The fourth-order valence-corrected chi connectivity index (χ4v) is 6.13. The number of nitrogens with zero attached hydrogens (tertiary/aromatic N) is 4. The Kier molecular flexibility index (Phi) is 6.31. The minimum atomic E-state index is -3.62. The molecule has 5 rings (SSSR count). The van der Waals surface area contributed by atoms with Crippen LogP contribution >= 0.6 is 0 Å². The second-order valence-corrected chi connectivity index (χ2v) is 11.6. The summed E-state index contributed by atoms with van der Waals surface area (Å²) in [4.78, 5) is 13.3. The van der Waals surface area contributed by atoms with Crippen molar-refractivity contribution in [1.82, 2.24) is 24.9 Å². The number of carbonyl (C=O) groups excluding carboxylic acids is 1. The molecule has 1 aliphatic rings. The van der Waals surface area contributed by atoms with E-state index in [1.54, 1.807) is 12.1 Å². The molecule has 0 aliphatic carbocycles. The number of aromatic amines is 1. The molecule has 0 unspecified atom stereocenters. The first-order valence-electron chi connectivity index (χ1n) is 11.9. The van der Waals surface area contributed by atoms with E-state index in [9.17, 15) is 13.2 Å². The highest BCUT2D eigenvalue weighted by Crippen LogP contribution is 2.31. The summed E-state index contributed by atoms with van der Waals surface area (Å²) in [6, 6.07) is 20.5. The van der Waals surface area contributed by atoms with Gasteiger partial charge in [-0.05, 0) is 67.3 Å². The summed E-state index contributed by atoms with van der Waals surface area (Å²) in [5, 5.41) is 19.2. The average Bonchev–Trinajstić information content (AvgIpc) is 3.45. The van der Waals surface area contributed by atoms with Gasteiger partial charge in [-0.2, -0.15) is 9.52 Å². The van der Waals surface area contributed by atoms with Crippen LogP contribution in [0, 0.1) is 5.92 Å². The maximum absolute atomic E-state index is 13.2. The summed E-state index contributed by atoms with van der Waals surface area (Å²) in [6.45, 7) is 4.59. The molecule has 2 heterocycles. The van der Waals surface area contributed by atoms with E-state index >= 15 is 0 Å². The summed E-state index contributed by atoms with van der Waals surface area (Å²) < 4.78 is 28.0. The number of benzene rings is 3. The van der Waals surface area contributed by atoms with Crippen molar-refractivity contribution in [2.75, 3.05) is 18.4 Å². The van der Waals surface area contributed by atoms with Crippen molar-refractivity contribution < 1.29 is 13.2 Å². The third-order valence-corrected chi connectivity index (χ3v) is 8.83. The van der Waals surface area contributed by atoms with Crippen LogP contribution in [0.4, 0.5) is 5.69 Å². The highest BCUT2D eigenvalue weighted by molar-refractivity contribution is 7.89. The van der Waals surface area contributed by atoms with Crippen molar-refractivity contribution in [3.8, 4) is 0 Å². The van der Waals surface area contributed by atoms with Crippen molar-refractivity contribution >= 4 is 32.4 Å². The van der Waals surface area contributed by atoms with E-state index in [1.165, 1.54) is 4.31 Å².